The fourth-order valence-electron chi connectivity index (χ4n) is 2.28. The van der Waals surface area contributed by atoms with Crippen molar-refractivity contribution in [3.63, 3.8) is 0 Å². The largest absolute Gasteiger partial charge is 0.394 e. The number of carbonyl (C=O) groups excluding carboxylic acids is 4. The minimum atomic E-state index is -1.43. The molecule has 10 nitrogen and oxygen atoms in total. The Kier molecular flexibility index (Phi) is 15.8. The Hall–Kier alpha value is -2.47. The van der Waals surface area contributed by atoms with E-state index >= 15 is 0 Å². The first kappa shape index (κ1) is 29.5. The van der Waals surface area contributed by atoms with E-state index in [4.69, 9.17) is 5.11 Å². The number of amides is 3. The number of hydrogen-bond acceptors (Lipinski definition) is 8. The van der Waals surface area contributed by atoms with E-state index in [1.807, 2.05) is 44.2 Å². The van der Waals surface area contributed by atoms with Gasteiger partial charge in [0.05, 0.1) is 25.6 Å². The zero-order chi connectivity index (χ0) is 24.5. The second-order valence-electron chi connectivity index (χ2n) is 6.38. The minimum Gasteiger partial charge on any atom is -0.394 e. The summed E-state index contributed by atoms with van der Waals surface area (Å²) in [4.78, 5) is 47.7. The number of thioether (sulfide) groups is 1. The average Bonchev–Trinajstić information content (AvgIpc) is 2.80. The molecule has 1 aromatic carbocycles. The lowest BCUT2D eigenvalue weighted by Crippen LogP contribution is -2.58. The molecule has 0 radical (unpaired) electrons. The van der Waals surface area contributed by atoms with Crippen molar-refractivity contribution in [1.29, 1.82) is 0 Å². The van der Waals surface area contributed by atoms with Crippen LogP contribution in [0.3, 0.4) is 0 Å². The standard InChI is InChI=1S/C19H27N3O7S.C2H6/c1-12(26)14(7-23)21-19(29)16(9-25)22-18(28)15(8-24)20-17(27)11-30-10-13-5-3-2-4-6-13;1-2/h2-6,14-16,23-25H,7-11H2,1H3,(H,20,27)(H,21,29)(H,22,28);1-2H3/t14-,15-,16?;/m0./s1. The van der Waals surface area contributed by atoms with Crippen LogP contribution in [-0.4, -0.2) is 82.5 Å². The molecule has 6 N–H and O–H groups in total. The first-order valence-electron chi connectivity index (χ1n) is 10.2. The lowest BCUT2D eigenvalue weighted by atomic mass is 10.2. The number of carbonyl (C=O) groups is 4. The summed E-state index contributed by atoms with van der Waals surface area (Å²) in [6.07, 6.45) is 0. The van der Waals surface area contributed by atoms with Gasteiger partial charge in [-0.1, -0.05) is 44.2 Å². The van der Waals surface area contributed by atoms with Crippen LogP contribution in [0.5, 0.6) is 0 Å². The first-order valence-corrected chi connectivity index (χ1v) is 11.3. The van der Waals surface area contributed by atoms with Crippen molar-refractivity contribution in [2.24, 2.45) is 0 Å². The molecule has 3 amide bonds. The number of hydrogen-bond donors (Lipinski definition) is 6. The maximum Gasteiger partial charge on any atom is 0.245 e. The third-order valence-corrected chi connectivity index (χ3v) is 4.99. The van der Waals surface area contributed by atoms with E-state index in [1.54, 1.807) is 0 Å². The SMILES string of the molecule is CC.CC(=O)[C@H](CO)NC(=O)C(CO)NC(=O)[C@H](CO)NC(=O)CSCc1ccccc1. The third-order valence-electron chi connectivity index (χ3n) is 3.98. The van der Waals surface area contributed by atoms with Gasteiger partial charge in [-0.2, -0.15) is 0 Å². The average molecular weight is 472 g/mol. The maximum absolute atomic E-state index is 12.3. The van der Waals surface area contributed by atoms with Crippen LogP contribution in [0.15, 0.2) is 30.3 Å². The Bertz CT molecular complexity index is 719. The smallest absolute Gasteiger partial charge is 0.245 e. The van der Waals surface area contributed by atoms with Gasteiger partial charge >= 0.3 is 0 Å². The molecule has 0 aromatic heterocycles. The molecule has 3 atom stereocenters. The highest BCUT2D eigenvalue weighted by Crippen LogP contribution is 2.11. The fraction of sp³-hybridized carbons (Fsp3) is 0.524. The Morgan fingerprint density at radius 3 is 1.75 bits per heavy atom. The molecule has 0 heterocycles. The Morgan fingerprint density at radius 2 is 1.28 bits per heavy atom. The highest BCUT2D eigenvalue weighted by atomic mass is 32.2. The lowest BCUT2D eigenvalue weighted by molar-refractivity contribution is -0.134. The number of aliphatic hydroxyl groups is 3. The van der Waals surface area contributed by atoms with Crippen LogP contribution in [0.1, 0.15) is 26.3 Å². The summed E-state index contributed by atoms with van der Waals surface area (Å²) in [5.41, 5.74) is 1.04. The summed E-state index contributed by atoms with van der Waals surface area (Å²) < 4.78 is 0. The summed E-state index contributed by atoms with van der Waals surface area (Å²) >= 11 is 1.33. The van der Waals surface area contributed by atoms with Gasteiger partial charge in [-0.25, -0.2) is 0 Å². The van der Waals surface area contributed by atoms with Crippen molar-refractivity contribution in [2.45, 2.75) is 44.6 Å². The zero-order valence-corrected chi connectivity index (χ0v) is 19.4. The van der Waals surface area contributed by atoms with Gasteiger partial charge in [-0.05, 0) is 12.5 Å². The van der Waals surface area contributed by atoms with Crippen molar-refractivity contribution in [3.05, 3.63) is 35.9 Å². The van der Waals surface area contributed by atoms with Crippen molar-refractivity contribution >= 4 is 35.3 Å². The molecule has 0 aliphatic carbocycles. The number of Topliss-reactive ketones (excluding diaryl/α,β-unsaturated/α-hetero) is 1. The normalized spacial score (nSPS) is 12.9. The summed E-state index contributed by atoms with van der Waals surface area (Å²) in [5.74, 6) is -2.09. The molecule has 180 valence electrons. The van der Waals surface area contributed by atoms with Gasteiger partial charge < -0.3 is 31.3 Å². The van der Waals surface area contributed by atoms with Gasteiger partial charge in [0.1, 0.15) is 18.1 Å². The van der Waals surface area contributed by atoms with Crippen molar-refractivity contribution in [1.82, 2.24) is 16.0 Å². The van der Waals surface area contributed by atoms with E-state index < -0.39 is 61.5 Å². The lowest BCUT2D eigenvalue weighted by Gasteiger charge is -2.22. The van der Waals surface area contributed by atoms with Crippen LogP contribution in [0.2, 0.25) is 0 Å². The van der Waals surface area contributed by atoms with E-state index in [0.717, 1.165) is 5.56 Å². The quantitative estimate of drug-likeness (QED) is 0.212. The van der Waals surface area contributed by atoms with Crippen molar-refractivity contribution in [2.75, 3.05) is 25.6 Å². The van der Waals surface area contributed by atoms with Gasteiger partial charge in [-0.15, -0.1) is 11.8 Å². The number of nitrogens with one attached hydrogen (secondary N) is 3. The van der Waals surface area contributed by atoms with Gasteiger partial charge in [0.2, 0.25) is 17.7 Å². The van der Waals surface area contributed by atoms with E-state index in [-0.39, 0.29) is 5.75 Å². The molecule has 0 saturated carbocycles. The van der Waals surface area contributed by atoms with Crippen LogP contribution in [0.25, 0.3) is 0 Å². The molecular formula is C21H33N3O7S. The first-order chi connectivity index (χ1) is 15.3. The van der Waals surface area contributed by atoms with Crippen LogP contribution in [0, 0.1) is 0 Å². The highest BCUT2D eigenvalue weighted by Gasteiger charge is 2.27. The number of rotatable bonds is 13. The number of benzene rings is 1. The van der Waals surface area contributed by atoms with Crippen molar-refractivity contribution in [3.8, 4) is 0 Å². The third kappa shape index (κ3) is 11.2. The molecule has 0 aliphatic heterocycles. The van der Waals surface area contributed by atoms with Crippen LogP contribution in [-0.2, 0) is 24.9 Å². The molecule has 11 heteroatoms. The van der Waals surface area contributed by atoms with Gasteiger partial charge in [0.25, 0.3) is 0 Å². The van der Waals surface area contributed by atoms with Gasteiger partial charge in [-0.3, -0.25) is 19.2 Å². The summed E-state index contributed by atoms with van der Waals surface area (Å²) in [6.45, 7) is 3.03. The van der Waals surface area contributed by atoms with Gasteiger partial charge in [0, 0.05) is 5.75 Å². The minimum absolute atomic E-state index is 0.0549. The molecule has 0 aliphatic rings. The zero-order valence-electron chi connectivity index (χ0n) is 18.5. The molecule has 0 bridgehead atoms. The van der Waals surface area contributed by atoms with E-state index in [2.05, 4.69) is 16.0 Å². The van der Waals surface area contributed by atoms with Crippen LogP contribution in [0.4, 0.5) is 0 Å². The monoisotopic (exact) mass is 471 g/mol. The Balaban J connectivity index is 0.00000466. The summed E-state index contributed by atoms with van der Waals surface area (Å²) in [7, 11) is 0. The van der Waals surface area contributed by atoms with Gasteiger partial charge in [0.15, 0.2) is 5.78 Å². The maximum atomic E-state index is 12.3. The molecule has 0 spiro atoms. The second-order valence-corrected chi connectivity index (χ2v) is 7.36. The Labute approximate surface area is 192 Å². The van der Waals surface area contributed by atoms with Crippen LogP contribution < -0.4 is 16.0 Å². The van der Waals surface area contributed by atoms with E-state index in [9.17, 15) is 29.4 Å². The van der Waals surface area contributed by atoms with Crippen LogP contribution >= 0.6 is 11.8 Å². The molecule has 32 heavy (non-hydrogen) atoms. The molecule has 1 rings (SSSR count). The number of aliphatic hydroxyl groups excluding tert-OH is 3. The number of ketones is 1. The predicted octanol–water partition coefficient (Wildman–Crippen LogP) is -1.03. The molecular weight excluding hydrogens is 438 g/mol. The van der Waals surface area contributed by atoms with Crippen molar-refractivity contribution < 1.29 is 34.5 Å². The molecule has 0 saturated heterocycles. The summed E-state index contributed by atoms with van der Waals surface area (Å²) in [6, 6.07) is 5.57. The van der Waals surface area contributed by atoms with E-state index in [1.165, 1.54) is 18.7 Å². The van der Waals surface area contributed by atoms with E-state index in [0.29, 0.717) is 5.75 Å². The second kappa shape index (κ2) is 17.1. The highest BCUT2D eigenvalue weighted by molar-refractivity contribution is 7.99. The summed E-state index contributed by atoms with van der Waals surface area (Å²) in [5, 5.41) is 34.6. The Morgan fingerprint density at radius 1 is 0.812 bits per heavy atom. The molecule has 1 aromatic rings. The molecule has 0 fully saturated rings. The fourth-order valence-corrected chi connectivity index (χ4v) is 3.08. The topological polar surface area (TPSA) is 165 Å². The predicted molar refractivity (Wildman–Crippen MR) is 122 cm³/mol. The molecule has 1 unspecified atom stereocenters.